The molecule has 1 aromatic carbocycles. The summed E-state index contributed by atoms with van der Waals surface area (Å²) in [6.45, 7) is 17.6. The van der Waals surface area contributed by atoms with Gasteiger partial charge in [0, 0.05) is 89.2 Å². The maximum atomic E-state index is 14.5. The fraction of sp³-hybridized carbons (Fsp3) is 0.627. The molecule has 2 N–H and O–H groups in total. The maximum Gasteiger partial charge on any atom is 0.324 e. The molecule has 5 fully saturated rings. The molecule has 4 aromatic rings. The number of hydrazine groups is 1. The van der Waals surface area contributed by atoms with Gasteiger partial charge >= 0.3 is 5.97 Å². The zero-order valence-corrected chi connectivity index (χ0v) is 40.2. The normalized spacial score (nSPS) is 31.0. The lowest BCUT2D eigenvalue weighted by atomic mass is 9.80. The average Bonchev–Trinajstić information content (AvgIpc) is 4.15. The molecular weight excluding hydrogens is 839 g/mol. The largest absolute Gasteiger partial charge is 0.464 e. The first-order valence-electron chi connectivity index (χ1n) is 24.3. The van der Waals surface area contributed by atoms with Crippen molar-refractivity contribution >= 4 is 40.0 Å². The maximum absolute atomic E-state index is 14.5. The van der Waals surface area contributed by atoms with Gasteiger partial charge in [0.25, 0.3) is 5.91 Å². The fourth-order valence-electron chi connectivity index (χ4n) is 11.7. The zero-order chi connectivity index (χ0) is 45.5. The first kappa shape index (κ1) is 44.6. The summed E-state index contributed by atoms with van der Waals surface area (Å²) in [5.41, 5.74) is 11.2. The van der Waals surface area contributed by atoms with E-state index in [1.54, 1.807) is 7.11 Å². The predicted octanol–water partition coefficient (Wildman–Crippen LogP) is 7.77. The molecule has 0 spiro atoms. The number of ether oxygens (including phenoxy) is 3. The summed E-state index contributed by atoms with van der Waals surface area (Å²) in [5, 5.41) is 8.62. The van der Waals surface area contributed by atoms with Gasteiger partial charge in [0.1, 0.15) is 12.1 Å². The number of nitrogens with zero attached hydrogens (tertiary/aromatic N) is 5. The average molecular weight is 906 g/mol. The van der Waals surface area contributed by atoms with Crippen LogP contribution in [0.1, 0.15) is 127 Å². The number of thiazole rings is 1. The van der Waals surface area contributed by atoms with Crippen LogP contribution in [0.4, 0.5) is 0 Å². The number of aryl methyl sites for hydroxylation is 1. The molecule has 2 saturated carbocycles. The van der Waals surface area contributed by atoms with E-state index < -0.39 is 23.4 Å². The van der Waals surface area contributed by atoms with E-state index in [4.69, 9.17) is 24.2 Å². The van der Waals surface area contributed by atoms with Gasteiger partial charge in [-0.1, -0.05) is 40.7 Å². The predicted molar refractivity (Wildman–Crippen MR) is 251 cm³/mol. The lowest BCUT2D eigenvalue weighted by Crippen LogP contribution is -2.61. The Morgan fingerprint density at radius 3 is 2.51 bits per heavy atom. The monoisotopic (exact) mass is 905 g/mol. The number of amides is 2. The molecule has 7 heterocycles. The van der Waals surface area contributed by atoms with Crippen molar-refractivity contribution < 1.29 is 28.6 Å². The Labute approximate surface area is 387 Å². The van der Waals surface area contributed by atoms with Crippen LogP contribution >= 0.6 is 11.3 Å². The molecule has 10 atom stereocenters. The Kier molecular flexibility index (Phi) is 12.0. The molecule has 3 saturated heterocycles. The number of esters is 1. The van der Waals surface area contributed by atoms with Crippen LogP contribution in [0.15, 0.2) is 35.8 Å². The minimum absolute atomic E-state index is 0.113. The first-order valence-corrected chi connectivity index (χ1v) is 25.2. The number of rotatable bonds is 8. The number of hydrogen-bond donors (Lipinski definition) is 2. The van der Waals surface area contributed by atoms with Crippen molar-refractivity contribution in [3.8, 4) is 22.5 Å². The molecule has 2 amide bonds. The molecule has 348 valence electrons. The third kappa shape index (κ3) is 8.33. The number of carbonyl (C=O) groups is 3. The van der Waals surface area contributed by atoms with E-state index in [0.717, 1.165) is 76.7 Å². The molecule has 13 nitrogen and oxygen atoms in total. The summed E-state index contributed by atoms with van der Waals surface area (Å²) in [7, 11) is 1.75. The van der Waals surface area contributed by atoms with E-state index in [-0.39, 0.29) is 48.2 Å². The summed E-state index contributed by atoms with van der Waals surface area (Å²) in [4.78, 5) is 55.4. The molecule has 2 aliphatic carbocycles. The van der Waals surface area contributed by atoms with Crippen molar-refractivity contribution in [3.63, 3.8) is 0 Å². The third-order valence-electron chi connectivity index (χ3n) is 15.8. The van der Waals surface area contributed by atoms with E-state index in [1.165, 1.54) is 40.3 Å². The number of pyridine rings is 1. The highest BCUT2D eigenvalue weighted by atomic mass is 32.1. The third-order valence-corrected chi connectivity index (χ3v) is 16.9. The molecule has 0 radical (unpaired) electrons. The van der Waals surface area contributed by atoms with Gasteiger partial charge in [-0.15, -0.1) is 11.3 Å². The highest BCUT2D eigenvalue weighted by Crippen LogP contribution is 2.48. The Bertz CT molecular complexity index is 2460. The number of benzene rings is 1. The van der Waals surface area contributed by atoms with Crippen LogP contribution in [0.3, 0.4) is 0 Å². The standard InChI is InChI=1S/C51H67N7O6S/c1-9-56-42-15-12-31-19-37(42)39(46(56)38-20-33(22-52-45(38)30(5)62-8)32-17-35-23-63-24-36(18-32)58(35)34-13-14-34)21-51(6,7)26-64-50(61)40-11-10-16-57(55-40)49(60)44(29(4)48-53-41(31)25-65-48)54-47(59)43-27(2)28(43)3/h12,15,19-20,22,25,27-30,32,34-36,40,43-44,55H,9-11,13-14,16-18,21,23-24,26H2,1-8H3,(H,54,59)/t27-,28+,29-,30-,32-,35-,36+,40-,43+,44-/m0/s1. The summed E-state index contributed by atoms with van der Waals surface area (Å²) in [6.07, 6.45) is 8.35. The first-order chi connectivity index (χ1) is 31.2. The van der Waals surface area contributed by atoms with Gasteiger partial charge < -0.3 is 24.1 Å². The summed E-state index contributed by atoms with van der Waals surface area (Å²) < 4.78 is 20.8. The summed E-state index contributed by atoms with van der Waals surface area (Å²) in [5.74, 6) is -0.453. The van der Waals surface area contributed by atoms with Gasteiger partial charge in [-0.25, -0.2) is 10.4 Å². The number of hydrogen-bond acceptors (Lipinski definition) is 11. The SMILES string of the molecule is CCn1c(-c2cc([C@H]3C[C@H]4COC[C@@H](C3)N4C3CC3)cnc2[C@H](C)OC)c2c3cc(ccc31)-c1csc(n1)[C@@H](C)[C@H](NC(=O)[C@H]1[C@H](C)[C@@H]1C)C(=O)N1CCC[C@H](N1)C(=O)OCC(C)(C)C2. The van der Waals surface area contributed by atoms with Crippen molar-refractivity contribution in [1.82, 2.24) is 35.2 Å². The zero-order valence-electron chi connectivity index (χ0n) is 39.4. The minimum atomic E-state index is -0.872. The van der Waals surface area contributed by atoms with Gasteiger partial charge in [-0.2, -0.15) is 0 Å². The quantitative estimate of drug-likeness (QED) is 0.169. The molecule has 10 rings (SSSR count). The minimum Gasteiger partial charge on any atom is -0.464 e. The van der Waals surface area contributed by atoms with Crippen LogP contribution in [0, 0.1) is 23.2 Å². The van der Waals surface area contributed by atoms with E-state index in [1.807, 2.05) is 6.92 Å². The second kappa shape index (κ2) is 17.5. The summed E-state index contributed by atoms with van der Waals surface area (Å²) in [6, 6.07) is 9.04. The number of piperidine rings is 1. The van der Waals surface area contributed by atoms with Crippen molar-refractivity contribution in [2.75, 3.05) is 33.5 Å². The van der Waals surface area contributed by atoms with E-state index >= 15 is 0 Å². The van der Waals surface area contributed by atoms with Crippen molar-refractivity contribution in [1.29, 1.82) is 0 Å². The van der Waals surface area contributed by atoms with Crippen molar-refractivity contribution in [3.05, 3.63) is 57.7 Å². The molecule has 14 heteroatoms. The van der Waals surface area contributed by atoms with Crippen LogP contribution < -0.4 is 10.7 Å². The van der Waals surface area contributed by atoms with E-state index in [0.29, 0.717) is 49.9 Å². The van der Waals surface area contributed by atoms with Gasteiger partial charge in [-0.05, 0) is 106 Å². The van der Waals surface area contributed by atoms with Crippen LogP contribution in [-0.4, -0.2) is 106 Å². The molecule has 0 unspecified atom stereocenters. The van der Waals surface area contributed by atoms with E-state index in [9.17, 15) is 14.4 Å². The number of methoxy groups -OCH3 is 1. The highest BCUT2D eigenvalue weighted by Gasteiger charge is 2.50. The topological polar surface area (TPSA) is 140 Å². The lowest BCUT2D eigenvalue weighted by molar-refractivity contribution is -0.155. The number of carbonyl (C=O) groups excluding carboxylic acids is 3. The Morgan fingerprint density at radius 1 is 1.06 bits per heavy atom. The van der Waals surface area contributed by atoms with Gasteiger partial charge in [0.2, 0.25) is 5.91 Å². The smallest absolute Gasteiger partial charge is 0.324 e. The van der Waals surface area contributed by atoms with Crippen LogP contribution in [0.25, 0.3) is 33.4 Å². The molecule has 3 aromatic heterocycles. The van der Waals surface area contributed by atoms with Crippen molar-refractivity contribution in [2.24, 2.45) is 23.2 Å². The number of cyclic esters (lactones) is 1. The number of morpholine rings is 1. The highest BCUT2D eigenvalue weighted by molar-refractivity contribution is 7.10. The number of aromatic nitrogens is 3. The van der Waals surface area contributed by atoms with Gasteiger partial charge in [0.15, 0.2) is 0 Å². The van der Waals surface area contributed by atoms with Gasteiger partial charge in [0.05, 0.1) is 48.0 Å². The molecule has 65 heavy (non-hydrogen) atoms. The summed E-state index contributed by atoms with van der Waals surface area (Å²) >= 11 is 1.51. The molecule has 6 aliphatic rings. The molecule has 8 bridgehead atoms. The van der Waals surface area contributed by atoms with Crippen LogP contribution in [0.2, 0.25) is 0 Å². The lowest BCUT2D eigenvalue weighted by Gasteiger charge is -2.49. The number of nitrogens with one attached hydrogen (secondary N) is 2. The molecule has 4 aliphatic heterocycles. The Hall–Kier alpha value is -4.21. The van der Waals surface area contributed by atoms with Crippen LogP contribution in [0.5, 0.6) is 0 Å². The second-order valence-electron chi connectivity index (χ2n) is 20.9. The van der Waals surface area contributed by atoms with Gasteiger partial charge in [-0.3, -0.25) is 29.3 Å². The van der Waals surface area contributed by atoms with Crippen molar-refractivity contribution in [2.45, 2.75) is 148 Å². The fourth-order valence-corrected chi connectivity index (χ4v) is 12.6. The number of fused-ring (bicyclic) bond motifs is 8. The Morgan fingerprint density at radius 2 is 1.82 bits per heavy atom. The second-order valence-corrected chi connectivity index (χ2v) is 21.8. The van der Waals surface area contributed by atoms with E-state index in [2.05, 4.69) is 97.6 Å². The molecular formula is C51H67N7O6S. The van der Waals surface area contributed by atoms with Crippen LogP contribution in [-0.2, 0) is 41.6 Å². The Balaban J connectivity index is 1.09.